The topological polar surface area (TPSA) is 537 Å². The lowest BCUT2D eigenvalue weighted by molar-refractivity contribution is -0.143. The molecule has 0 spiro atoms. The molecule has 0 saturated carbocycles. The number of likely N-dealkylation sites (tertiary alicyclic amines) is 1. The number of unbranched alkanes of at least 4 members (excludes halogenated alkanes) is 2. The number of guanidine groups is 1. The second-order valence-electron chi connectivity index (χ2n) is 24.5. The van der Waals surface area contributed by atoms with Gasteiger partial charge < -0.3 is 101 Å². The number of phenolic OH excluding ortho intramolecular Hbond substituents is 1. The Hall–Kier alpha value is -7.88. The molecule has 0 aliphatic carbocycles. The van der Waals surface area contributed by atoms with E-state index in [0.29, 0.717) is 31.4 Å². The van der Waals surface area contributed by atoms with Gasteiger partial charge in [-0.25, -0.2) is 0 Å². The van der Waals surface area contributed by atoms with Crippen molar-refractivity contribution in [2.75, 3.05) is 44.8 Å². The highest BCUT2D eigenvalue weighted by molar-refractivity contribution is 7.98. The number of nitrogens with two attached hydrogens (primary N) is 4. The van der Waals surface area contributed by atoms with E-state index in [1.165, 1.54) is 40.9 Å². The van der Waals surface area contributed by atoms with Crippen LogP contribution < -0.4 is 76.1 Å². The van der Waals surface area contributed by atoms with Gasteiger partial charge in [0.2, 0.25) is 65.0 Å². The van der Waals surface area contributed by atoms with Crippen molar-refractivity contribution in [1.29, 1.82) is 5.41 Å². The summed E-state index contributed by atoms with van der Waals surface area (Å²) in [4.78, 5) is 166. The van der Waals surface area contributed by atoms with Crippen molar-refractivity contribution in [2.24, 2.45) is 40.7 Å². The quantitative estimate of drug-likeness (QED) is 0.0172. The predicted molar refractivity (Wildman–Crippen MR) is 350 cm³/mol. The molecule has 530 valence electrons. The third-order valence-electron chi connectivity index (χ3n) is 15.4. The first-order valence-electron chi connectivity index (χ1n) is 32.0. The van der Waals surface area contributed by atoms with Crippen molar-refractivity contribution < 1.29 is 78.0 Å². The summed E-state index contributed by atoms with van der Waals surface area (Å²) in [5, 5.41) is 74.1. The molecule has 1 aliphatic heterocycles. The number of carboxylic acids is 1. The Labute approximate surface area is 553 Å². The van der Waals surface area contributed by atoms with Crippen LogP contribution in [0.5, 0.6) is 5.75 Å². The zero-order valence-electron chi connectivity index (χ0n) is 55.1. The molecule has 1 aliphatic rings. The minimum atomic E-state index is -2.01. The fourth-order valence-corrected chi connectivity index (χ4v) is 10.7. The van der Waals surface area contributed by atoms with Gasteiger partial charge in [-0.1, -0.05) is 53.2 Å². The lowest BCUT2D eigenvalue weighted by Gasteiger charge is -2.31. The lowest BCUT2D eigenvalue weighted by atomic mass is 9.99. The first kappa shape index (κ1) is 82.2. The number of aliphatic hydroxyl groups excluding tert-OH is 2. The third kappa shape index (κ3) is 30.0. The Morgan fingerprint density at radius 1 is 0.596 bits per heavy atom. The van der Waals surface area contributed by atoms with Crippen molar-refractivity contribution >= 4 is 88.7 Å². The van der Waals surface area contributed by atoms with Gasteiger partial charge in [0.05, 0.1) is 19.1 Å². The normalized spacial score (nSPS) is 16.4. The average molecular weight is 1350 g/mol. The molecule has 94 heavy (non-hydrogen) atoms. The van der Waals surface area contributed by atoms with Gasteiger partial charge in [0.25, 0.3) is 0 Å². The van der Waals surface area contributed by atoms with E-state index in [-0.39, 0.29) is 113 Å². The number of phenols is 1. The van der Waals surface area contributed by atoms with Gasteiger partial charge in [-0.15, -0.1) is 0 Å². The maximum absolute atomic E-state index is 14.5. The zero-order valence-corrected chi connectivity index (χ0v) is 55.9. The highest BCUT2D eigenvalue weighted by Gasteiger charge is 2.41. The number of carbonyl (C=O) groups is 12. The molecule has 1 fully saturated rings. The minimum Gasteiger partial charge on any atom is -0.508 e. The van der Waals surface area contributed by atoms with E-state index >= 15 is 0 Å². The van der Waals surface area contributed by atoms with Crippen LogP contribution in [0, 0.1) is 23.2 Å². The number of hydrogen-bond donors (Lipinski definition) is 19. The number of rotatable bonds is 45. The maximum atomic E-state index is 14.5. The van der Waals surface area contributed by atoms with E-state index in [4.69, 9.17) is 28.3 Å². The average Bonchev–Trinajstić information content (AvgIpc) is 1.56. The molecule has 33 heteroatoms. The van der Waals surface area contributed by atoms with Crippen molar-refractivity contribution in [1.82, 2.24) is 58.1 Å². The van der Waals surface area contributed by atoms with Crippen LogP contribution in [0.1, 0.15) is 137 Å². The van der Waals surface area contributed by atoms with E-state index in [2.05, 4.69) is 53.2 Å². The predicted octanol–water partition coefficient (Wildman–Crippen LogP) is -3.38. The summed E-state index contributed by atoms with van der Waals surface area (Å²) in [7, 11) is 0. The number of carboxylic acid groups (broad SMARTS) is 1. The van der Waals surface area contributed by atoms with Crippen LogP contribution in [-0.4, -0.2) is 214 Å². The van der Waals surface area contributed by atoms with Crippen molar-refractivity contribution in [3.63, 3.8) is 0 Å². The minimum absolute atomic E-state index is 0.0252. The fourth-order valence-electron chi connectivity index (χ4n) is 10.2. The molecule has 23 N–H and O–H groups in total. The molecule has 12 atom stereocenters. The molecule has 0 radical (unpaired) electrons. The van der Waals surface area contributed by atoms with Crippen LogP contribution in [0.4, 0.5) is 0 Å². The number of aliphatic hydroxyl groups is 2. The summed E-state index contributed by atoms with van der Waals surface area (Å²) in [6.07, 6.45) is 1.90. The second-order valence-corrected chi connectivity index (χ2v) is 25.4. The monoisotopic (exact) mass is 1350 g/mol. The van der Waals surface area contributed by atoms with Crippen molar-refractivity contribution in [3.05, 3.63) is 29.8 Å². The summed E-state index contributed by atoms with van der Waals surface area (Å²) in [5.74, 6) is -12.2. The number of amides is 11. The van der Waals surface area contributed by atoms with Crippen LogP contribution in [0.3, 0.4) is 0 Å². The summed E-state index contributed by atoms with van der Waals surface area (Å²) in [6, 6.07) is -9.21. The molecule has 1 aromatic carbocycles. The number of carbonyl (C=O) groups excluding carboxylic acids is 11. The first-order valence-corrected chi connectivity index (χ1v) is 33.4. The number of primary amides is 1. The highest BCUT2D eigenvalue weighted by atomic mass is 32.2. The Morgan fingerprint density at radius 3 is 1.60 bits per heavy atom. The number of thioether (sulfide) groups is 1. The van der Waals surface area contributed by atoms with Crippen LogP contribution in [0.2, 0.25) is 0 Å². The Kier molecular flexibility index (Phi) is 37.8. The highest BCUT2D eigenvalue weighted by Crippen LogP contribution is 2.22. The molecule has 0 bridgehead atoms. The fraction of sp³-hybridized carbons (Fsp3) is 0.689. The summed E-state index contributed by atoms with van der Waals surface area (Å²) in [6.45, 7) is 10.1. The van der Waals surface area contributed by atoms with E-state index in [0.717, 1.165) is 19.8 Å². The molecule has 0 aromatic heterocycles. The summed E-state index contributed by atoms with van der Waals surface area (Å²) >= 11 is 1.26. The molecule has 0 unspecified atom stereocenters. The molecule has 1 aromatic rings. The summed E-state index contributed by atoms with van der Waals surface area (Å²) < 4.78 is 0. The van der Waals surface area contributed by atoms with Gasteiger partial charge in [-0.2, -0.15) is 11.8 Å². The van der Waals surface area contributed by atoms with E-state index < -0.39 is 151 Å². The molecular weight excluding hydrogens is 1240 g/mol. The van der Waals surface area contributed by atoms with E-state index in [9.17, 15) is 78.0 Å². The third-order valence-corrected chi connectivity index (χ3v) is 16.1. The molecular formula is C61H104N16O16S. The molecule has 2 rings (SSSR count). The number of aromatic hydroxyl groups is 1. The Balaban J connectivity index is 2.43. The second kappa shape index (κ2) is 43.2. The SMILES string of the molecule is CSCC[C@H](NC(=O)[C@H](CO)NC(=O)[C@H]1CCCN1C(=O)[C@H](CC(C)C)NC(=O)[C@@H](C)CCCCN)C(=O)N[C@H](C(=O)N[C@@H](CC(=O)O)C(=O)N[C@@H](CCCCN)C(=O)N[C@@H](Cc1ccc(O)cc1)C(=O)N[C@@H](CCCNC(=N)N)C(=O)N[C@@H](CC(C)C)C(N)=O)[C@@H](C)O. The molecule has 1 saturated heterocycles. The lowest BCUT2D eigenvalue weighted by Crippen LogP contribution is -2.62. The van der Waals surface area contributed by atoms with Gasteiger partial charge >= 0.3 is 5.97 Å². The van der Waals surface area contributed by atoms with Gasteiger partial charge in [0.1, 0.15) is 66.2 Å². The van der Waals surface area contributed by atoms with Crippen molar-refractivity contribution in [3.8, 4) is 5.75 Å². The van der Waals surface area contributed by atoms with Crippen LogP contribution in [-0.2, 0) is 64.0 Å². The molecule has 1 heterocycles. The number of aliphatic carboxylic acids is 1. The number of hydrogen-bond acceptors (Lipinski definition) is 19. The first-order chi connectivity index (χ1) is 44.4. The van der Waals surface area contributed by atoms with Gasteiger partial charge in [-0.05, 0) is 139 Å². The Bertz CT molecular complexity index is 2670. The standard InChI is InChI=1S/C61H104N16O16S/c1-33(2)28-42(50(64)83)71-52(85)40(16-12-25-67-61(65)66)69-55(88)43(30-37-18-20-38(80)21-19-37)72-53(86)39(15-9-11-24-63)68-56(89)44(31-48(81)82)73-59(92)49(36(6)79)76-54(87)41(22-27-94-7)70-57(90)46(32-78)75-58(91)47-17-13-26-77(47)60(93)45(29-34(3)4)74-51(84)35(5)14-8-10-23-62/h18-21,33-36,39-47,49,78-80H,8-17,22-32,62-63H2,1-7H3,(H2,64,83)(H,68,89)(H,69,88)(H,70,90)(H,71,85)(H,72,86)(H,73,92)(H,74,84)(H,75,91)(H,76,87)(H,81,82)(H4,65,66,67)/t35-,36+,39-,40-,41-,42-,43-,44-,45-,46-,47+,49-/m0/s1. The number of nitrogens with one attached hydrogen (secondary N) is 11. The van der Waals surface area contributed by atoms with Gasteiger partial charge in [0, 0.05) is 25.4 Å². The van der Waals surface area contributed by atoms with Crippen molar-refractivity contribution in [2.45, 2.75) is 204 Å². The Morgan fingerprint density at radius 2 is 1.07 bits per heavy atom. The maximum Gasteiger partial charge on any atom is 0.305 e. The zero-order chi connectivity index (χ0) is 70.8. The van der Waals surface area contributed by atoms with Crippen LogP contribution in [0.15, 0.2) is 24.3 Å². The molecule has 32 nitrogen and oxygen atoms in total. The van der Waals surface area contributed by atoms with Gasteiger partial charge in [0.15, 0.2) is 5.96 Å². The summed E-state index contributed by atoms with van der Waals surface area (Å²) in [5.41, 5.74) is 22.8. The smallest absolute Gasteiger partial charge is 0.305 e. The van der Waals surface area contributed by atoms with Crippen LogP contribution in [0.25, 0.3) is 0 Å². The molecule has 11 amide bonds. The van der Waals surface area contributed by atoms with E-state index in [1.54, 1.807) is 27.0 Å². The number of nitrogens with zero attached hydrogens (tertiary/aromatic N) is 1. The van der Waals surface area contributed by atoms with E-state index in [1.807, 2.05) is 13.8 Å². The largest absolute Gasteiger partial charge is 0.508 e. The van der Waals surface area contributed by atoms with Crippen LogP contribution >= 0.6 is 11.8 Å². The van der Waals surface area contributed by atoms with Gasteiger partial charge in [-0.3, -0.25) is 62.9 Å². The number of benzene rings is 1.